The van der Waals surface area contributed by atoms with Gasteiger partial charge in [0.2, 0.25) is 0 Å². The summed E-state index contributed by atoms with van der Waals surface area (Å²) in [5.74, 6) is -1.67. The van der Waals surface area contributed by atoms with Crippen molar-refractivity contribution < 1.29 is 14.3 Å². The maximum atomic E-state index is 13.7. The maximum absolute atomic E-state index is 13.7. The quantitative estimate of drug-likeness (QED) is 0.837. The molecule has 1 unspecified atom stereocenters. The standard InChI is InChI=1S/C13H15FN2O2/c1-8(2)12(13(17)18)16-7-10-5-3-4-9(6-15)11(10)14/h3-5,8,12,16H,7H2,1-2H3,(H,17,18). The lowest BCUT2D eigenvalue weighted by atomic mass is 10.0. The van der Waals surface area contributed by atoms with Crippen molar-refractivity contribution in [3.8, 4) is 6.07 Å². The van der Waals surface area contributed by atoms with E-state index >= 15 is 0 Å². The minimum atomic E-state index is -0.971. The summed E-state index contributed by atoms with van der Waals surface area (Å²) in [6.07, 6.45) is 0. The second-order valence-corrected chi connectivity index (χ2v) is 4.33. The molecule has 0 heterocycles. The van der Waals surface area contributed by atoms with Crippen molar-refractivity contribution >= 4 is 5.97 Å². The summed E-state index contributed by atoms with van der Waals surface area (Å²) >= 11 is 0. The smallest absolute Gasteiger partial charge is 0.320 e. The van der Waals surface area contributed by atoms with Crippen LogP contribution < -0.4 is 5.32 Å². The third kappa shape index (κ3) is 3.28. The van der Waals surface area contributed by atoms with Crippen LogP contribution in [0.3, 0.4) is 0 Å². The zero-order valence-corrected chi connectivity index (χ0v) is 10.3. The van der Waals surface area contributed by atoms with Gasteiger partial charge >= 0.3 is 5.97 Å². The summed E-state index contributed by atoms with van der Waals surface area (Å²) in [6, 6.07) is 5.50. The second kappa shape index (κ2) is 6.12. The van der Waals surface area contributed by atoms with Crippen LogP contribution in [-0.2, 0) is 11.3 Å². The van der Waals surface area contributed by atoms with Crippen molar-refractivity contribution in [1.29, 1.82) is 5.26 Å². The molecule has 0 saturated carbocycles. The Morgan fingerprint density at radius 3 is 2.72 bits per heavy atom. The van der Waals surface area contributed by atoms with E-state index in [4.69, 9.17) is 10.4 Å². The Balaban J connectivity index is 2.81. The van der Waals surface area contributed by atoms with Crippen LogP contribution in [0.15, 0.2) is 18.2 Å². The molecule has 1 atom stereocenters. The van der Waals surface area contributed by atoms with Crippen molar-refractivity contribution in [3.63, 3.8) is 0 Å². The average Bonchev–Trinajstić information content (AvgIpc) is 2.30. The van der Waals surface area contributed by atoms with Crippen LogP contribution in [-0.4, -0.2) is 17.1 Å². The van der Waals surface area contributed by atoms with Crippen molar-refractivity contribution in [2.75, 3.05) is 0 Å². The number of halogens is 1. The molecule has 96 valence electrons. The predicted octanol–water partition coefficient (Wildman–Crippen LogP) is 1.90. The van der Waals surface area contributed by atoms with E-state index in [-0.39, 0.29) is 18.0 Å². The zero-order valence-electron chi connectivity index (χ0n) is 10.3. The summed E-state index contributed by atoms with van der Waals surface area (Å²) in [5.41, 5.74) is 0.256. The first-order valence-corrected chi connectivity index (χ1v) is 5.61. The highest BCUT2D eigenvalue weighted by atomic mass is 19.1. The van der Waals surface area contributed by atoms with E-state index in [0.717, 1.165) is 0 Å². The van der Waals surface area contributed by atoms with Crippen LogP contribution in [0.2, 0.25) is 0 Å². The van der Waals surface area contributed by atoms with Crippen LogP contribution in [0.25, 0.3) is 0 Å². The van der Waals surface area contributed by atoms with Gasteiger partial charge in [-0.2, -0.15) is 5.26 Å². The minimum absolute atomic E-state index is 0.0364. The van der Waals surface area contributed by atoms with Gasteiger partial charge in [0, 0.05) is 12.1 Å². The molecule has 0 aliphatic heterocycles. The molecule has 0 amide bonds. The van der Waals surface area contributed by atoms with Gasteiger partial charge in [0.25, 0.3) is 0 Å². The number of benzene rings is 1. The lowest BCUT2D eigenvalue weighted by Gasteiger charge is -2.18. The molecule has 1 rings (SSSR count). The lowest BCUT2D eigenvalue weighted by Crippen LogP contribution is -2.40. The third-order valence-electron chi connectivity index (χ3n) is 2.64. The number of nitrogens with zero attached hydrogens (tertiary/aromatic N) is 1. The van der Waals surface area contributed by atoms with Crippen LogP contribution in [0.5, 0.6) is 0 Å². The van der Waals surface area contributed by atoms with E-state index in [0.29, 0.717) is 5.56 Å². The molecular weight excluding hydrogens is 235 g/mol. The fourth-order valence-electron chi connectivity index (χ4n) is 1.63. The first-order valence-electron chi connectivity index (χ1n) is 5.61. The van der Waals surface area contributed by atoms with Gasteiger partial charge in [-0.1, -0.05) is 26.0 Å². The summed E-state index contributed by atoms with van der Waals surface area (Å²) in [4.78, 5) is 11.0. The molecule has 2 N–H and O–H groups in total. The van der Waals surface area contributed by atoms with Crippen molar-refractivity contribution in [1.82, 2.24) is 5.32 Å². The monoisotopic (exact) mass is 250 g/mol. The van der Waals surface area contributed by atoms with Gasteiger partial charge in [-0.25, -0.2) is 4.39 Å². The summed E-state index contributed by atoms with van der Waals surface area (Å²) in [7, 11) is 0. The molecule has 0 aromatic heterocycles. The van der Waals surface area contributed by atoms with Gasteiger partial charge in [0.05, 0.1) is 5.56 Å². The number of nitrogens with one attached hydrogen (secondary N) is 1. The first kappa shape index (κ1) is 14.1. The molecule has 1 aromatic carbocycles. The van der Waals surface area contributed by atoms with Crippen LogP contribution in [0, 0.1) is 23.1 Å². The Morgan fingerprint density at radius 2 is 2.22 bits per heavy atom. The summed E-state index contributed by atoms with van der Waals surface area (Å²) in [5, 5.41) is 20.5. The van der Waals surface area contributed by atoms with Gasteiger partial charge in [0.1, 0.15) is 17.9 Å². The molecule has 5 heteroatoms. The number of aliphatic carboxylic acids is 1. The summed E-state index contributed by atoms with van der Waals surface area (Å²) in [6.45, 7) is 3.62. The van der Waals surface area contributed by atoms with Crippen LogP contribution in [0.4, 0.5) is 4.39 Å². The molecular formula is C13H15FN2O2. The van der Waals surface area contributed by atoms with Gasteiger partial charge in [-0.05, 0) is 12.0 Å². The molecule has 0 radical (unpaired) electrons. The number of hydrogen-bond acceptors (Lipinski definition) is 3. The van der Waals surface area contributed by atoms with Crippen LogP contribution >= 0.6 is 0 Å². The van der Waals surface area contributed by atoms with E-state index < -0.39 is 17.8 Å². The Bertz CT molecular complexity index is 480. The topological polar surface area (TPSA) is 73.1 Å². The highest BCUT2D eigenvalue weighted by molar-refractivity contribution is 5.73. The molecule has 4 nitrogen and oxygen atoms in total. The Labute approximate surface area is 105 Å². The Kier molecular flexibility index (Phi) is 4.81. The molecule has 1 aromatic rings. The molecule has 18 heavy (non-hydrogen) atoms. The van der Waals surface area contributed by atoms with Gasteiger partial charge in [0.15, 0.2) is 0 Å². The van der Waals surface area contributed by atoms with Crippen LogP contribution in [0.1, 0.15) is 25.0 Å². The zero-order chi connectivity index (χ0) is 13.7. The van der Waals surface area contributed by atoms with E-state index in [2.05, 4.69) is 5.32 Å². The van der Waals surface area contributed by atoms with E-state index in [1.165, 1.54) is 12.1 Å². The maximum Gasteiger partial charge on any atom is 0.320 e. The van der Waals surface area contributed by atoms with E-state index in [1.807, 2.05) is 0 Å². The molecule has 0 fully saturated rings. The largest absolute Gasteiger partial charge is 0.480 e. The molecule has 0 aliphatic carbocycles. The molecule has 0 saturated heterocycles. The molecule has 0 aliphatic rings. The van der Waals surface area contributed by atoms with E-state index in [1.54, 1.807) is 26.0 Å². The number of nitriles is 1. The Morgan fingerprint density at radius 1 is 1.56 bits per heavy atom. The average molecular weight is 250 g/mol. The lowest BCUT2D eigenvalue weighted by molar-refractivity contribution is -0.140. The van der Waals surface area contributed by atoms with Crippen molar-refractivity contribution in [3.05, 3.63) is 35.1 Å². The van der Waals surface area contributed by atoms with Crippen molar-refractivity contribution in [2.45, 2.75) is 26.4 Å². The highest BCUT2D eigenvalue weighted by Crippen LogP contribution is 2.13. The van der Waals surface area contributed by atoms with Gasteiger partial charge in [-0.15, -0.1) is 0 Å². The van der Waals surface area contributed by atoms with Crippen molar-refractivity contribution in [2.24, 2.45) is 5.92 Å². The number of hydrogen-bond donors (Lipinski definition) is 2. The number of rotatable bonds is 5. The second-order valence-electron chi connectivity index (χ2n) is 4.33. The third-order valence-corrected chi connectivity index (χ3v) is 2.64. The first-order chi connectivity index (χ1) is 8.47. The molecule has 0 spiro atoms. The van der Waals surface area contributed by atoms with Gasteiger partial charge < -0.3 is 5.11 Å². The fraction of sp³-hybridized carbons (Fsp3) is 0.385. The predicted molar refractivity (Wildman–Crippen MR) is 64.2 cm³/mol. The number of carboxylic acids is 1. The number of carbonyl (C=O) groups is 1. The minimum Gasteiger partial charge on any atom is -0.480 e. The summed E-state index contributed by atoms with van der Waals surface area (Å²) < 4.78 is 13.7. The SMILES string of the molecule is CC(C)C(NCc1cccc(C#N)c1F)C(=O)O. The Hall–Kier alpha value is -1.93. The van der Waals surface area contributed by atoms with E-state index in [9.17, 15) is 9.18 Å². The van der Waals surface area contributed by atoms with Gasteiger partial charge in [-0.3, -0.25) is 10.1 Å². The molecule has 0 bridgehead atoms. The number of carboxylic acid groups (broad SMARTS) is 1. The highest BCUT2D eigenvalue weighted by Gasteiger charge is 2.21. The fourth-order valence-corrected chi connectivity index (χ4v) is 1.63. The normalized spacial score (nSPS) is 12.2.